The number of carbonyl (C=O) groups is 1. The molecule has 1 amide bonds. The first-order chi connectivity index (χ1) is 14.6. The molecular weight excluding hydrogens is 384 g/mol. The SMILES string of the molecule is COc1ccc2cnn(CC(=O)N3CCCC[C@H]3c3cccnc3)c(=O)c2c1OC. The summed E-state index contributed by atoms with van der Waals surface area (Å²) in [4.78, 5) is 32.3. The molecule has 1 saturated heterocycles. The normalized spacial score (nSPS) is 16.5. The molecule has 0 saturated carbocycles. The number of amides is 1. The molecule has 4 rings (SSSR count). The Labute approximate surface area is 174 Å². The van der Waals surface area contributed by atoms with E-state index >= 15 is 0 Å². The Bertz CT molecular complexity index is 1110. The average molecular weight is 408 g/mol. The number of fused-ring (bicyclic) bond motifs is 1. The van der Waals surface area contributed by atoms with Gasteiger partial charge in [-0.25, -0.2) is 4.68 Å². The van der Waals surface area contributed by atoms with E-state index < -0.39 is 0 Å². The maximum Gasteiger partial charge on any atom is 0.279 e. The summed E-state index contributed by atoms with van der Waals surface area (Å²) in [5, 5.41) is 5.20. The van der Waals surface area contributed by atoms with Crippen molar-refractivity contribution >= 4 is 16.7 Å². The molecule has 0 aliphatic carbocycles. The Hall–Kier alpha value is -3.42. The van der Waals surface area contributed by atoms with Gasteiger partial charge in [0.15, 0.2) is 11.5 Å². The Kier molecular flexibility index (Phi) is 5.65. The van der Waals surface area contributed by atoms with Crippen LogP contribution in [0.1, 0.15) is 30.9 Å². The second-order valence-electron chi connectivity index (χ2n) is 7.26. The Morgan fingerprint density at radius 2 is 2.03 bits per heavy atom. The quantitative estimate of drug-likeness (QED) is 0.645. The predicted molar refractivity (Wildman–Crippen MR) is 112 cm³/mol. The molecule has 0 spiro atoms. The number of piperidine rings is 1. The number of likely N-dealkylation sites (tertiary alicyclic amines) is 1. The van der Waals surface area contributed by atoms with E-state index in [1.807, 2.05) is 17.0 Å². The van der Waals surface area contributed by atoms with Gasteiger partial charge in [-0.15, -0.1) is 0 Å². The largest absolute Gasteiger partial charge is 0.493 e. The molecule has 1 atom stereocenters. The van der Waals surface area contributed by atoms with Gasteiger partial charge in [0.1, 0.15) is 6.54 Å². The van der Waals surface area contributed by atoms with Crippen LogP contribution in [0.4, 0.5) is 0 Å². The van der Waals surface area contributed by atoms with Crippen LogP contribution in [-0.2, 0) is 11.3 Å². The van der Waals surface area contributed by atoms with Gasteiger partial charge >= 0.3 is 0 Å². The fourth-order valence-electron chi connectivity index (χ4n) is 4.07. The predicted octanol–water partition coefficient (Wildman–Crippen LogP) is 2.56. The lowest BCUT2D eigenvalue weighted by Crippen LogP contribution is -2.42. The number of hydrogen-bond acceptors (Lipinski definition) is 6. The third-order valence-electron chi connectivity index (χ3n) is 5.54. The summed E-state index contributed by atoms with van der Waals surface area (Å²) < 4.78 is 11.9. The number of benzene rings is 1. The van der Waals surface area contributed by atoms with Crippen LogP contribution in [0.5, 0.6) is 11.5 Å². The summed E-state index contributed by atoms with van der Waals surface area (Å²) in [5.41, 5.74) is 0.627. The van der Waals surface area contributed by atoms with Gasteiger partial charge in [-0.05, 0) is 43.0 Å². The van der Waals surface area contributed by atoms with E-state index in [0.717, 1.165) is 24.8 Å². The van der Waals surface area contributed by atoms with Crippen molar-refractivity contribution in [2.45, 2.75) is 31.8 Å². The highest BCUT2D eigenvalue weighted by Gasteiger charge is 2.28. The molecule has 3 aromatic rings. The number of hydrogen-bond donors (Lipinski definition) is 0. The van der Waals surface area contributed by atoms with Crippen molar-refractivity contribution in [1.82, 2.24) is 19.7 Å². The number of aromatic nitrogens is 3. The second kappa shape index (κ2) is 8.52. The van der Waals surface area contributed by atoms with Crippen molar-refractivity contribution in [3.63, 3.8) is 0 Å². The van der Waals surface area contributed by atoms with Crippen molar-refractivity contribution in [3.8, 4) is 11.5 Å². The minimum Gasteiger partial charge on any atom is -0.493 e. The molecule has 156 valence electrons. The molecule has 1 fully saturated rings. The maximum absolute atomic E-state index is 13.2. The lowest BCUT2D eigenvalue weighted by atomic mass is 9.96. The van der Waals surface area contributed by atoms with E-state index in [1.165, 1.54) is 18.9 Å². The van der Waals surface area contributed by atoms with Gasteiger partial charge in [-0.1, -0.05) is 6.07 Å². The first kappa shape index (κ1) is 19.9. The summed E-state index contributed by atoms with van der Waals surface area (Å²) in [5.74, 6) is 0.660. The zero-order valence-corrected chi connectivity index (χ0v) is 17.1. The zero-order valence-electron chi connectivity index (χ0n) is 17.1. The van der Waals surface area contributed by atoms with Crippen LogP contribution in [0.2, 0.25) is 0 Å². The van der Waals surface area contributed by atoms with Crippen molar-refractivity contribution < 1.29 is 14.3 Å². The van der Waals surface area contributed by atoms with Crippen LogP contribution >= 0.6 is 0 Å². The number of methoxy groups -OCH3 is 2. The second-order valence-corrected chi connectivity index (χ2v) is 7.26. The molecule has 0 N–H and O–H groups in total. The number of pyridine rings is 1. The fourth-order valence-corrected chi connectivity index (χ4v) is 4.07. The molecule has 0 radical (unpaired) electrons. The lowest BCUT2D eigenvalue weighted by molar-refractivity contribution is -0.136. The minimum absolute atomic E-state index is 0.0364. The Morgan fingerprint density at radius 3 is 2.77 bits per heavy atom. The Morgan fingerprint density at radius 1 is 1.17 bits per heavy atom. The summed E-state index contributed by atoms with van der Waals surface area (Å²) in [6, 6.07) is 7.30. The van der Waals surface area contributed by atoms with E-state index in [2.05, 4.69) is 10.1 Å². The van der Waals surface area contributed by atoms with Crippen molar-refractivity contribution in [2.75, 3.05) is 20.8 Å². The highest BCUT2D eigenvalue weighted by molar-refractivity contribution is 5.89. The molecule has 1 aliphatic heterocycles. The zero-order chi connectivity index (χ0) is 21.1. The number of ether oxygens (including phenoxy) is 2. The third-order valence-corrected chi connectivity index (χ3v) is 5.54. The molecule has 1 aromatic carbocycles. The summed E-state index contributed by atoms with van der Waals surface area (Å²) >= 11 is 0. The van der Waals surface area contributed by atoms with Crippen LogP contribution in [-0.4, -0.2) is 46.3 Å². The summed E-state index contributed by atoms with van der Waals surface area (Å²) in [6.07, 6.45) is 7.96. The van der Waals surface area contributed by atoms with Crippen molar-refractivity contribution in [1.29, 1.82) is 0 Å². The molecular formula is C22H24N4O4. The molecule has 30 heavy (non-hydrogen) atoms. The van der Waals surface area contributed by atoms with Gasteiger partial charge in [-0.2, -0.15) is 5.10 Å². The van der Waals surface area contributed by atoms with Gasteiger partial charge in [0, 0.05) is 24.3 Å². The molecule has 0 bridgehead atoms. The van der Waals surface area contributed by atoms with Crippen LogP contribution in [0, 0.1) is 0 Å². The molecule has 3 heterocycles. The number of carbonyl (C=O) groups excluding carboxylic acids is 1. The van der Waals surface area contributed by atoms with Gasteiger partial charge in [0.25, 0.3) is 5.56 Å². The topological polar surface area (TPSA) is 86.6 Å². The van der Waals surface area contributed by atoms with Gasteiger partial charge in [-0.3, -0.25) is 14.6 Å². The van der Waals surface area contributed by atoms with E-state index in [4.69, 9.17) is 9.47 Å². The number of rotatable bonds is 5. The van der Waals surface area contributed by atoms with Gasteiger partial charge in [0.05, 0.1) is 31.8 Å². The molecule has 8 heteroatoms. The van der Waals surface area contributed by atoms with Gasteiger partial charge in [0.2, 0.25) is 5.91 Å². The average Bonchev–Trinajstić information content (AvgIpc) is 2.80. The van der Waals surface area contributed by atoms with Gasteiger partial charge < -0.3 is 14.4 Å². The first-order valence-electron chi connectivity index (χ1n) is 9.94. The van der Waals surface area contributed by atoms with E-state index in [0.29, 0.717) is 28.8 Å². The number of nitrogens with zero attached hydrogens (tertiary/aromatic N) is 4. The van der Waals surface area contributed by atoms with E-state index in [1.54, 1.807) is 30.7 Å². The molecule has 1 aliphatic rings. The van der Waals surface area contributed by atoms with E-state index in [9.17, 15) is 9.59 Å². The fraction of sp³-hybridized carbons (Fsp3) is 0.364. The molecule has 2 aromatic heterocycles. The van der Waals surface area contributed by atoms with Crippen molar-refractivity contribution in [3.05, 3.63) is 58.8 Å². The van der Waals surface area contributed by atoms with Crippen LogP contribution in [0.25, 0.3) is 10.8 Å². The van der Waals surface area contributed by atoms with E-state index in [-0.39, 0.29) is 24.1 Å². The lowest BCUT2D eigenvalue weighted by Gasteiger charge is -2.36. The standard InChI is InChI=1S/C22H24N4O4/c1-29-18-9-8-16-13-24-26(22(28)20(16)21(18)30-2)14-19(27)25-11-4-3-7-17(25)15-6-5-10-23-12-15/h5-6,8-10,12-13,17H,3-4,7,11,14H2,1-2H3/t17-/m0/s1. The first-order valence-corrected chi connectivity index (χ1v) is 9.94. The third kappa shape index (κ3) is 3.60. The minimum atomic E-state index is -0.383. The smallest absolute Gasteiger partial charge is 0.279 e. The highest BCUT2D eigenvalue weighted by Crippen LogP contribution is 2.33. The monoisotopic (exact) mass is 408 g/mol. The summed E-state index contributed by atoms with van der Waals surface area (Å²) in [7, 11) is 3.00. The van der Waals surface area contributed by atoms with Crippen LogP contribution in [0.3, 0.4) is 0 Å². The summed E-state index contributed by atoms with van der Waals surface area (Å²) in [6.45, 7) is 0.518. The molecule has 8 nitrogen and oxygen atoms in total. The van der Waals surface area contributed by atoms with Crippen LogP contribution < -0.4 is 15.0 Å². The maximum atomic E-state index is 13.2. The van der Waals surface area contributed by atoms with Crippen LogP contribution in [0.15, 0.2) is 47.7 Å². The highest BCUT2D eigenvalue weighted by atomic mass is 16.5. The molecule has 0 unspecified atom stereocenters. The Balaban J connectivity index is 1.67. The van der Waals surface area contributed by atoms with Crippen molar-refractivity contribution in [2.24, 2.45) is 0 Å².